The Morgan fingerprint density at radius 3 is 2.50 bits per heavy atom. The molecule has 0 unspecified atom stereocenters. The van der Waals surface area contributed by atoms with Crippen molar-refractivity contribution < 1.29 is 18.0 Å². The summed E-state index contributed by atoms with van der Waals surface area (Å²) in [5, 5.41) is 2.76. The van der Waals surface area contributed by atoms with Gasteiger partial charge in [-0.2, -0.15) is 13.2 Å². The molecule has 7 heteroatoms. The summed E-state index contributed by atoms with van der Waals surface area (Å²) in [6, 6.07) is 14.6. The summed E-state index contributed by atoms with van der Waals surface area (Å²) in [5.41, 5.74) is 0.871. The Morgan fingerprint density at radius 2 is 1.79 bits per heavy atom. The van der Waals surface area contributed by atoms with E-state index < -0.39 is 23.2 Å². The zero-order valence-corrected chi connectivity index (χ0v) is 15.0. The van der Waals surface area contributed by atoms with Gasteiger partial charge in [0, 0.05) is 18.0 Å². The predicted octanol–water partition coefficient (Wildman–Crippen LogP) is 4.48. The molecule has 0 saturated carbocycles. The number of halogens is 3. The van der Waals surface area contributed by atoms with Crippen LogP contribution in [-0.2, 0) is 12.7 Å². The molecular weight excluding hydrogens is 369 g/mol. The SMILES string of the molecule is Cc1ccccc1NC(=O)c1ccc(=O)n(Cc2cccc(C(F)(F)F)c2)c1. The van der Waals surface area contributed by atoms with Crippen LogP contribution in [0.4, 0.5) is 18.9 Å². The van der Waals surface area contributed by atoms with Crippen LogP contribution in [0.1, 0.15) is 27.0 Å². The van der Waals surface area contributed by atoms with Gasteiger partial charge in [0.2, 0.25) is 0 Å². The number of pyridine rings is 1. The highest BCUT2D eigenvalue weighted by molar-refractivity contribution is 6.04. The molecule has 4 nitrogen and oxygen atoms in total. The molecule has 1 heterocycles. The summed E-state index contributed by atoms with van der Waals surface area (Å²) in [6.07, 6.45) is -3.12. The molecule has 0 bridgehead atoms. The van der Waals surface area contributed by atoms with Gasteiger partial charge in [0.15, 0.2) is 0 Å². The number of amides is 1. The number of nitrogens with zero attached hydrogens (tertiary/aromatic N) is 1. The number of carbonyl (C=O) groups excluding carboxylic acids is 1. The highest BCUT2D eigenvalue weighted by atomic mass is 19.4. The second-order valence-corrected chi connectivity index (χ2v) is 6.35. The van der Waals surface area contributed by atoms with Crippen LogP contribution in [0.2, 0.25) is 0 Å². The monoisotopic (exact) mass is 386 g/mol. The van der Waals surface area contributed by atoms with Crippen LogP contribution in [0.3, 0.4) is 0 Å². The van der Waals surface area contributed by atoms with E-state index in [1.165, 1.54) is 35.0 Å². The fourth-order valence-corrected chi connectivity index (χ4v) is 2.74. The third-order valence-corrected chi connectivity index (χ3v) is 4.25. The summed E-state index contributed by atoms with van der Waals surface area (Å²) < 4.78 is 39.8. The molecule has 1 N–H and O–H groups in total. The maximum absolute atomic E-state index is 12.9. The molecule has 0 aliphatic rings. The van der Waals surface area contributed by atoms with Crippen molar-refractivity contribution in [2.45, 2.75) is 19.6 Å². The van der Waals surface area contributed by atoms with Crippen LogP contribution >= 0.6 is 0 Å². The van der Waals surface area contributed by atoms with Crippen molar-refractivity contribution in [2.24, 2.45) is 0 Å². The first kappa shape index (κ1) is 19.4. The second-order valence-electron chi connectivity index (χ2n) is 6.35. The predicted molar refractivity (Wildman–Crippen MR) is 100 cm³/mol. The molecule has 0 radical (unpaired) electrons. The average Bonchev–Trinajstić information content (AvgIpc) is 2.65. The van der Waals surface area contributed by atoms with Crippen LogP contribution in [-0.4, -0.2) is 10.5 Å². The van der Waals surface area contributed by atoms with Crippen molar-refractivity contribution in [3.8, 4) is 0 Å². The van der Waals surface area contributed by atoms with Crippen molar-refractivity contribution in [3.05, 3.63) is 99.5 Å². The maximum Gasteiger partial charge on any atom is 0.416 e. The van der Waals surface area contributed by atoms with Crippen molar-refractivity contribution in [2.75, 3.05) is 5.32 Å². The Labute approximate surface area is 159 Å². The van der Waals surface area contributed by atoms with Crippen molar-refractivity contribution in [3.63, 3.8) is 0 Å². The Morgan fingerprint density at radius 1 is 1.04 bits per heavy atom. The van der Waals surface area contributed by atoms with Gasteiger partial charge in [-0.25, -0.2) is 0 Å². The molecule has 1 aromatic heterocycles. The summed E-state index contributed by atoms with van der Waals surface area (Å²) >= 11 is 0. The van der Waals surface area contributed by atoms with E-state index in [4.69, 9.17) is 0 Å². The van der Waals surface area contributed by atoms with Gasteiger partial charge in [0.25, 0.3) is 11.5 Å². The molecule has 28 heavy (non-hydrogen) atoms. The first-order valence-electron chi connectivity index (χ1n) is 8.47. The Hall–Kier alpha value is -3.35. The molecule has 0 fully saturated rings. The quantitative estimate of drug-likeness (QED) is 0.719. The minimum atomic E-state index is -4.46. The number of anilines is 1. The van der Waals surface area contributed by atoms with E-state index in [9.17, 15) is 22.8 Å². The standard InChI is InChI=1S/C21H17F3N2O2/c1-14-5-2-3-8-18(14)25-20(28)16-9-10-19(27)26(13-16)12-15-6-4-7-17(11-15)21(22,23)24/h2-11,13H,12H2,1H3,(H,25,28). The first-order chi connectivity index (χ1) is 13.2. The summed E-state index contributed by atoms with van der Waals surface area (Å²) in [6.45, 7) is 1.78. The zero-order valence-electron chi connectivity index (χ0n) is 15.0. The molecule has 3 rings (SSSR count). The van der Waals surface area contributed by atoms with Gasteiger partial charge in [-0.1, -0.05) is 30.3 Å². The topological polar surface area (TPSA) is 51.1 Å². The van der Waals surface area contributed by atoms with Gasteiger partial charge in [-0.3, -0.25) is 9.59 Å². The van der Waals surface area contributed by atoms with E-state index in [1.54, 1.807) is 12.1 Å². The number of rotatable bonds is 4. The van der Waals surface area contributed by atoms with Gasteiger partial charge in [0.1, 0.15) is 0 Å². The smallest absolute Gasteiger partial charge is 0.322 e. The van der Waals surface area contributed by atoms with Crippen LogP contribution in [0, 0.1) is 6.92 Å². The minimum Gasteiger partial charge on any atom is -0.322 e. The lowest BCUT2D eigenvalue weighted by atomic mass is 10.1. The van der Waals surface area contributed by atoms with E-state index in [1.807, 2.05) is 19.1 Å². The third kappa shape index (κ3) is 4.49. The fourth-order valence-electron chi connectivity index (χ4n) is 2.74. The van der Waals surface area contributed by atoms with Gasteiger partial charge < -0.3 is 9.88 Å². The number of hydrogen-bond donors (Lipinski definition) is 1. The number of carbonyl (C=O) groups is 1. The van der Waals surface area contributed by atoms with Crippen molar-refractivity contribution in [1.29, 1.82) is 0 Å². The lowest BCUT2D eigenvalue weighted by Gasteiger charge is -2.12. The maximum atomic E-state index is 12.9. The number of aromatic nitrogens is 1. The molecule has 0 aliphatic heterocycles. The largest absolute Gasteiger partial charge is 0.416 e. The fraction of sp³-hybridized carbons (Fsp3) is 0.143. The lowest BCUT2D eigenvalue weighted by molar-refractivity contribution is -0.137. The highest BCUT2D eigenvalue weighted by Crippen LogP contribution is 2.29. The number of alkyl halides is 3. The summed E-state index contributed by atoms with van der Waals surface area (Å²) in [5.74, 6) is -0.410. The number of nitrogens with one attached hydrogen (secondary N) is 1. The Kier molecular flexibility index (Phi) is 5.35. The van der Waals surface area contributed by atoms with E-state index in [0.717, 1.165) is 17.7 Å². The van der Waals surface area contributed by atoms with E-state index in [0.29, 0.717) is 11.3 Å². The second kappa shape index (κ2) is 7.72. The van der Waals surface area contributed by atoms with Gasteiger partial charge in [0.05, 0.1) is 17.7 Å². The number of hydrogen-bond acceptors (Lipinski definition) is 2. The minimum absolute atomic E-state index is 0.0752. The molecule has 144 valence electrons. The molecule has 0 saturated heterocycles. The molecule has 0 aliphatic carbocycles. The third-order valence-electron chi connectivity index (χ3n) is 4.25. The van der Waals surface area contributed by atoms with Crippen LogP contribution < -0.4 is 10.9 Å². The summed E-state index contributed by atoms with van der Waals surface area (Å²) in [7, 11) is 0. The van der Waals surface area contributed by atoms with Crippen LogP contribution in [0.25, 0.3) is 0 Å². The lowest BCUT2D eigenvalue weighted by Crippen LogP contribution is -2.23. The van der Waals surface area contributed by atoms with Crippen LogP contribution in [0.15, 0.2) is 71.7 Å². The molecular formula is C21H17F3N2O2. The first-order valence-corrected chi connectivity index (χ1v) is 8.47. The normalized spacial score (nSPS) is 11.3. The van der Waals surface area contributed by atoms with Gasteiger partial charge in [-0.15, -0.1) is 0 Å². The zero-order chi connectivity index (χ0) is 20.3. The van der Waals surface area contributed by atoms with Crippen molar-refractivity contribution >= 4 is 11.6 Å². The number of para-hydroxylation sites is 1. The van der Waals surface area contributed by atoms with Crippen LogP contribution in [0.5, 0.6) is 0 Å². The van der Waals surface area contributed by atoms with E-state index >= 15 is 0 Å². The highest BCUT2D eigenvalue weighted by Gasteiger charge is 2.30. The average molecular weight is 386 g/mol. The number of aryl methyl sites for hydroxylation is 1. The van der Waals surface area contributed by atoms with Gasteiger partial charge in [-0.05, 0) is 42.3 Å². The van der Waals surface area contributed by atoms with Crippen molar-refractivity contribution in [1.82, 2.24) is 4.57 Å². The van der Waals surface area contributed by atoms with E-state index in [-0.39, 0.29) is 12.1 Å². The molecule has 1 amide bonds. The Balaban J connectivity index is 1.85. The summed E-state index contributed by atoms with van der Waals surface area (Å²) in [4.78, 5) is 24.6. The number of benzene rings is 2. The molecule has 2 aromatic carbocycles. The van der Waals surface area contributed by atoms with Gasteiger partial charge >= 0.3 is 6.18 Å². The molecule has 3 aromatic rings. The Bertz CT molecular complexity index is 1070. The molecule has 0 atom stereocenters. The molecule has 0 spiro atoms. The van der Waals surface area contributed by atoms with E-state index in [2.05, 4.69) is 5.32 Å².